The maximum atomic E-state index is 6.03. The minimum atomic E-state index is 0.590. The lowest BCUT2D eigenvalue weighted by Gasteiger charge is -2.12. The van der Waals surface area contributed by atoms with E-state index in [-0.39, 0.29) is 0 Å². The molecule has 3 heterocycles. The van der Waals surface area contributed by atoms with Gasteiger partial charge in [0.15, 0.2) is 17.5 Å². The van der Waals surface area contributed by atoms with Gasteiger partial charge in [0.2, 0.25) is 5.71 Å². The van der Waals surface area contributed by atoms with Crippen LogP contribution in [0.5, 0.6) is 0 Å². The Kier molecular flexibility index (Phi) is 6.74. The van der Waals surface area contributed by atoms with Crippen molar-refractivity contribution in [3.05, 3.63) is 170 Å². The van der Waals surface area contributed by atoms with Gasteiger partial charge in [-0.2, -0.15) is 0 Å². The summed E-state index contributed by atoms with van der Waals surface area (Å²) in [6.45, 7) is 0. The van der Waals surface area contributed by atoms with Gasteiger partial charge in [-0.3, -0.25) is 0 Å². The number of rotatable bonds is 5. The molecule has 3 aromatic heterocycles. The summed E-state index contributed by atoms with van der Waals surface area (Å²) < 4.78 is 6.03. The first-order valence-corrected chi connectivity index (χ1v) is 17.0. The molecule has 0 amide bonds. The average Bonchev–Trinajstić information content (AvgIpc) is 3.59. The van der Waals surface area contributed by atoms with Crippen LogP contribution in [0.3, 0.4) is 0 Å². The van der Waals surface area contributed by atoms with Gasteiger partial charge in [0.05, 0.1) is 0 Å². The number of hydrogen-bond acceptors (Lipinski definition) is 5. The van der Waals surface area contributed by atoms with Crippen molar-refractivity contribution in [2.45, 2.75) is 0 Å². The molecule has 0 N–H and O–H groups in total. The molecule has 10 rings (SSSR count). The minimum Gasteiger partial charge on any atom is -0.438 e. The molecule has 0 aliphatic heterocycles. The van der Waals surface area contributed by atoms with Crippen LogP contribution in [0.25, 0.3) is 100 Å². The molecule has 0 fully saturated rings. The molecular weight excluding hydrogens is 625 g/mol. The van der Waals surface area contributed by atoms with Crippen molar-refractivity contribution in [2.24, 2.45) is 0 Å². The first-order valence-electron chi connectivity index (χ1n) is 17.0. The van der Waals surface area contributed by atoms with Crippen molar-refractivity contribution in [1.82, 2.24) is 19.9 Å². The smallest absolute Gasteiger partial charge is 0.227 e. The highest BCUT2D eigenvalue weighted by molar-refractivity contribution is 6.13. The molecular formula is C46H28N4O. The first-order chi connectivity index (χ1) is 25.2. The van der Waals surface area contributed by atoms with Crippen LogP contribution in [0.2, 0.25) is 0 Å². The van der Waals surface area contributed by atoms with E-state index in [9.17, 15) is 0 Å². The van der Waals surface area contributed by atoms with Crippen LogP contribution in [0.4, 0.5) is 0 Å². The van der Waals surface area contributed by atoms with Gasteiger partial charge in [0.25, 0.3) is 0 Å². The van der Waals surface area contributed by atoms with Gasteiger partial charge in [-0.25, -0.2) is 19.9 Å². The van der Waals surface area contributed by atoms with E-state index in [1.807, 2.05) is 30.3 Å². The Morgan fingerprint density at radius 1 is 0.373 bits per heavy atom. The number of hydrogen-bond donors (Lipinski definition) is 0. The van der Waals surface area contributed by atoms with Crippen LogP contribution in [-0.4, -0.2) is 19.9 Å². The largest absolute Gasteiger partial charge is 0.438 e. The van der Waals surface area contributed by atoms with E-state index in [0.29, 0.717) is 23.2 Å². The summed E-state index contributed by atoms with van der Waals surface area (Å²) >= 11 is 0. The topological polar surface area (TPSA) is 64.7 Å². The molecule has 5 heteroatoms. The van der Waals surface area contributed by atoms with Gasteiger partial charge in [0.1, 0.15) is 5.58 Å². The van der Waals surface area contributed by atoms with Gasteiger partial charge in [-0.1, -0.05) is 127 Å². The standard InChI is InChI=1S/C46H28N4O/c1-2-9-29(10-3-1)34-13-6-14-35(27-34)30-18-22-33(23-19-30)43-48-44(36-24-25-41-40(28-36)38-17-8-26-47-46(38)51-41)50-45(49-43)39-16-7-12-32-21-20-31-11-4-5-15-37(31)42(32)39/h1-28H. The highest BCUT2D eigenvalue weighted by atomic mass is 16.3. The quantitative estimate of drug-likeness (QED) is 0.173. The van der Waals surface area contributed by atoms with Gasteiger partial charge >= 0.3 is 0 Å². The summed E-state index contributed by atoms with van der Waals surface area (Å²) in [5.41, 5.74) is 8.78. The summed E-state index contributed by atoms with van der Waals surface area (Å²) in [5, 5.41) is 6.51. The summed E-state index contributed by atoms with van der Waals surface area (Å²) in [7, 11) is 0. The molecule has 0 radical (unpaired) electrons. The fourth-order valence-electron chi connectivity index (χ4n) is 7.07. The molecule has 0 spiro atoms. The second kappa shape index (κ2) is 11.9. The number of benzene rings is 7. The summed E-state index contributed by atoms with van der Waals surface area (Å²) in [5.74, 6) is 1.82. The fraction of sp³-hybridized carbons (Fsp3) is 0. The predicted octanol–water partition coefficient (Wildman–Crippen LogP) is 11.8. The molecule has 0 atom stereocenters. The Morgan fingerprint density at radius 2 is 1.00 bits per heavy atom. The van der Waals surface area contributed by atoms with Crippen molar-refractivity contribution < 1.29 is 4.42 Å². The Labute approximate surface area is 293 Å². The molecule has 0 saturated carbocycles. The highest BCUT2D eigenvalue weighted by Crippen LogP contribution is 2.36. The third-order valence-electron chi connectivity index (χ3n) is 9.60. The van der Waals surface area contributed by atoms with Crippen molar-refractivity contribution in [3.8, 4) is 56.4 Å². The van der Waals surface area contributed by atoms with Crippen LogP contribution >= 0.6 is 0 Å². The zero-order valence-electron chi connectivity index (χ0n) is 27.4. The normalized spacial score (nSPS) is 11.5. The minimum absolute atomic E-state index is 0.590. The Hall–Kier alpha value is -6.98. The van der Waals surface area contributed by atoms with E-state index in [4.69, 9.17) is 19.4 Å². The van der Waals surface area contributed by atoms with Crippen LogP contribution in [0.1, 0.15) is 0 Å². The van der Waals surface area contributed by atoms with E-state index in [1.54, 1.807) is 6.20 Å². The fourth-order valence-corrected chi connectivity index (χ4v) is 7.07. The Bertz CT molecular complexity index is 2910. The predicted molar refractivity (Wildman–Crippen MR) is 207 cm³/mol. The average molecular weight is 653 g/mol. The lowest BCUT2D eigenvalue weighted by atomic mass is 9.97. The third kappa shape index (κ3) is 5.11. The summed E-state index contributed by atoms with van der Waals surface area (Å²) in [6.07, 6.45) is 1.75. The van der Waals surface area contributed by atoms with Crippen LogP contribution < -0.4 is 0 Å². The second-order valence-electron chi connectivity index (χ2n) is 12.7. The SMILES string of the molecule is c1ccc(-c2cccc(-c3ccc(-c4nc(-c5ccc6oc7ncccc7c6c5)nc(-c5cccc6ccc7ccccc7c56)n4)cc3)c2)cc1. The van der Waals surface area contributed by atoms with Crippen molar-refractivity contribution in [2.75, 3.05) is 0 Å². The number of nitrogens with zero attached hydrogens (tertiary/aromatic N) is 4. The van der Waals surface area contributed by atoms with Crippen molar-refractivity contribution in [1.29, 1.82) is 0 Å². The van der Waals surface area contributed by atoms with E-state index in [2.05, 4.69) is 138 Å². The maximum Gasteiger partial charge on any atom is 0.227 e. The summed E-state index contributed by atoms with van der Waals surface area (Å²) in [4.78, 5) is 19.9. The monoisotopic (exact) mass is 652 g/mol. The van der Waals surface area contributed by atoms with Crippen molar-refractivity contribution in [3.63, 3.8) is 0 Å². The Balaban J connectivity index is 1.14. The molecule has 0 aliphatic rings. The van der Waals surface area contributed by atoms with Crippen molar-refractivity contribution >= 4 is 43.6 Å². The molecule has 238 valence electrons. The first kappa shape index (κ1) is 29.0. The van der Waals surface area contributed by atoms with Gasteiger partial charge in [0, 0.05) is 39.0 Å². The van der Waals surface area contributed by atoms with E-state index in [1.165, 1.54) is 16.5 Å². The van der Waals surface area contributed by atoms with Crippen LogP contribution in [-0.2, 0) is 0 Å². The molecule has 5 nitrogen and oxygen atoms in total. The molecule has 0 aliphatic carbocycles. The van der Waals surface area contributed by atoms with Gasteiger partial charge < -0.3 is 4.42 Å². The van der Waals surface area contributed by atoms with E-state index in [0.717, 1.165) is 60.3 Å². The van der Waals surface area contributed by atoms with Crippen LogP contribution in [0, 0.1) is 0 Å². The van der Waals surface area contributed by atoms with E-state index >= 15 is 0 Å². The third-order valence-corrected chi connectivity index (χ3v) is 9.60. The maximum absolute atomic E-state index is 6.03. The molecule has 7 aromatic carbocycles. The van der Waals surface area contributed by atoms with Gasteiger partial charge in [-0.15, -0.1) is 0 Å². The zero-order valence-corrected chi connectivity index (χ0v) is 27.4. The summed E-state index contributed by atoms with van der Waals surface area (Å²) in [6, 6.07) is 56.8. The molecule has 0 saturated heterocycles. The number of fused-ring (bicyclic) bond motifs is 6. The van der Waals surface area contributed by atoms with Crippen LogP contribution in [0.15, 0.2) is 174 Å². The molecule has 10 aromatic rings. The number of furan rings is 1. The van der Waals surface area contributed by atoms with E-state index < -0.39 is 0 Å². The Morgan fingerprint density at radius 3 is 1.86 bits per heavy atom. The highest BCUT2D eigenvalue weighted by Gasteiger charge is 2.17. The number of pyridine rings is 1. The lowest BCUT2D eigenvalue weighted by Crippen LogP contribution is -2.00. The molecule has 0 bridgehead atoms. The molecule has 0 unspecified atom stereocenters. The lowest BCUT2D eigenvalue weighted by molar-refractivity contribution is 0.654. The number of aromatic nitrogens is 4. The second-order valence-corrected chi connectivity index (χ2v) is 12.7. The zero-order chi connectivity index (χ0) is 33.7. The molecule has 51 heavy (non-hydrogen) atoms. The van der Waals surface area contributed by atoms with Gasteiger partial charge in [-0.05, 0) is 74.8 Å².